The van der Waals surface area contributed by atoms with Crippen molar-refractivity contribution in [2.75, 3.05) is 100 Å². The fraction of sp³-hybridized carbons (Fsp3) is 0.385. The van der Waals surface area contributed by atoms with Crippen LogP contribution >= 0.6 is 0 Å². The molecule has 400 valence electrons. The van der Waals surface area contributed by atoms with Gasteiger partial charge in [0.1, 0.15) is 0 Å². The maximum atomic E-state index is 8.23. The molecule has 0 spiro atoms. The van der Waals surface area contributed by atoms with E-state index in [0.717, 1.165) is 92.8 Å². The summed E-state index contributed by atoms with van der Waals surface area (Å²) in [5.74, 6) is 0. The molecule has 5 aromatic heterocycles. The molecule has 0 atom stereocenters. The van der Waals surface area contributed by atoms with Gasteiger partial charge in [-0.15, -0.1) is 0 Å². The van der Waals surface area contributed by atoms with Crippen LogP contribution in [-0.4, -0.2) is 150 Å². The molecule has 0 aliphatic carbocycles. The Labute approximate surface area is 484 Å². The first-order valence-electron chi connectivity index (χ1n) is 37.5. The summed E-state index contributed by atoms with van der Waals surface area (Å²) in [6.07, 6.45) is 6.91. The van der Waals surface area contributed by atoms with E-state index < -0.39 is 72.8 Å². The van der Waals surface area contributed by atoms with Crippen molar-refractivity contribution in [3.8, 4) is 0 Å². The number of aromatic nitrogens is 5. The van der Waals surface area contributed by atoms with Crippen molar-refractivity contribution in [3.05, 3.63) is 180 Å². The highest BCUT2D eigenvalue weighted by molar-refractivity contribution is 5.85. The molecule has 10 rings (SSSR count). The van der Waals surface area contributed by atoms with Crippen molar-refractivity contribution in [1.29, 1.82) is 0 Å². The number of nitrogens with one attached hydrogen (secondary N) is 5. The van der Waals surface area contributed by atoms with E-state index in [0.29, 0.717) is 29.0 Å². The zero-order chi connectivity index (χ0) is 75.2. The number of H-pyrrole nitrogens is 5. The smallest absolute Gasteiger partial charge is 0.0456 e. The average molecular weight is 1040 g/mol. The molecule has 0 aliphatic rings. The molecule has 10 aromatic rings. The molecule has 5 heterocycles. The number of para-hydroxylation sites is 5. The van der Waals surface area contributed by atoms with E-state index in [2.05, 4.69) is 24.9 Å². The molecule has 0 fully saturated rings. The van der Waals surface area contributed by atoms with Crippen molar-refractivity contribution in [1.82, 2.24) is 49.4 Å². The Hall–Kier alpha value is -6.40. The van der Waals surface area contributed by atoms with Crippen LogP contribution in [-0.2, 0) is 32.1 Å². The molecule has 10 nitrogen and oxygen atoms in total. The third-order valence-electron chi connectivity index (χ3n) is 12.3. The number of benzene rings is 5. The molecule has 0 bridgehead atoms. The van der Waals surface area contributed by atoms with E-state index in [9.17, 15) is 0 Å². The summed E-state index contributed by atoms with van der Waals surface area (Å²) in [4.78, 5) is 20.0. The molecular weight excluding hydrogens is 921 g/mol. The minimum atomic E-state index is -2.88. The lowest BCUT2D eigenvalue weighted by Crippen LogP contribution is -2.20. The Morgan fingerprint density at radius 1 is 0.347 bits per heavy atom. The van der Waals surface area contributed by atoms with E-state index in [1.807, 2.05) is 128 Å². The summed E-state index contributed by atoms with van der Waals surface area (Å²) in [5, 5.41) is 4.48. The summed E-state index contributed by atoms with van der Waals surface area (Å²) in [6, 6.07) is 37.8. The topological polar surface area (TPSA) is 95.1 Å². The van der Waals surface area contributed by atoms with Crippen molar-refractivity contribution in [2.45, 2.75) is 66.7 Å². The number of nitrogens with zero attached hydrogens (tertiary/aromatic N) is 5. The second-order valence-electron chi connectivity index (χ2n) is 17.2. The van der Waals surface area contributed by atoms with Crippen LogP contribution in [0.25, 0.3) is 54.5 Å². The third kappa shape index (κ3) is 17.6. The van der Waals surface area contributed by atoms with E-state index in [1.165, 1.54) is 25.8 Å². The lowest BCUT2D eigenvalue weighted by atomic mass is 10.1. The molecule has 0 saturated heterocycles. The summed E-state index contributed by atoms with van der Waals surface area (Å²) in [5.41, 5.74) is 8.15. The number of aryl methyl sites for hydroxylation is 4. The van der Waals surface area contributed by atoms with Crippen molar-refractivity contribution >= 4 is 54.5 Å². The largest absolute Gasteiger partial charge is 0.361 e. The standard InChI is InChI=1S/5C13H18N2/c5*1-3-15(2)9-8-11-10-14-13-7-5-4-6-12(11)13/h5*4-7,10,14H,3,8-9H2,1-2H3/i2D3,3D2,9D2;8D2,9D2;3D2,9D2;2D3,9D2;2D3,3D2. The highest BCUT2D eigenvalue weighted by atomic mass is 15.1. The molecule has 0 radical (unpaired) electrons. The number of hydrogen-bond acceptors (Lipinski definition) is 5. The SMILES string of the molecule is [2H]C([2H])(C)N(C)C([2H])([2H])Cc1c[nH]c2ccccc12.[2H]C([2H])([2H])N(C([2H])([2H])C)C([2H])([2H])Cc1c[nH]c2ccccc12.[2H]C([2H])([2H])N(CC)C([2H])([2H])Cc1c[nH]c2ccccc12.[2H]C([2H])([2H])N(CCc1c[nH]c2ccccc12)C([2H])([2H])C.[2H]C([2H])(c1c[nH]c2ccccc12)C([2H])([2H])N(C)CC. The summed E-state index contributed by atoms with van der Waals surface area (Å²) in [7, 11) is 3.06. The van der Waals surface area contributed by atoms with Gasteiger partial charge in [0.15, 0.2) is 0 Å². The van der Waals surface area contributed by atoms with Gasteiger partial charge in [0, 0.05) is 152 Å². The van der Waals surface area contributed by atoms with Crippen LogP contribution in [0.2, 0.25) is 0 Å². The van der Waals surface area contributed by atoms with Gasteiger partial charge in [0.2, 0.25) is 0 Å². The third-order valence-corrected chi connectivity index (χ3v) is 12.3. The van der Waals surface area contributed by atoms with Gasteiger partial charge in [-0.3, -0.25) is 0 Å². The predicted molar refractivity (Wildman–Crippen MR) is 326 cm³/mol. The number of hydrogen-bond donors (Lipinski definition) is 5. The molecule has 0 amide bonds. The number of aromatic amines is 5. The monoisotopic (exact) mass is 1040 g/mol. The van der Waals surface area contributed by atoms with E-state index in [4.69, 9.17) is 34.3 Å². The number of rotatable bonds is 20. The number of likely N-dealkylation sites (N-methyl/N-ethyl adjacent to an activating group) is 5. The normalized spacial score (nSPS) is 18.4. The van der Waals surface area contributed by atoms with Crippen LogP contribution < -0.4 is 0 Å². The van der Waals surface area contributed by atoms with Crippen LogP contribution in [0.3, 0.4) is 0 Å². The molecule has 10 heteroatoms. The van der Waals surface area contributed by atoms with Crippen molar-refractivity contribution < 1.29 is 34.3 Å². The van der Waals surface area contributed by atoms with Gasteiger partial charge in [-0.1, -0.05) is 126 Å². The van der Waals surface area contributed by atoms with Crippen molar-refractivity contribution in [2.24, 2.45) is 0 Å². The maximum absolute atomic E-state index is 8.23. The van der Waals surface area contributed by atoms with Crippen LogP contribution in [0.4, 0.5) is 0 Å². The molecular formula is C65H90N10. The fourth-order valence-electron chi connectivity index (χ4n) is 7.74. The fourth-order valence-corrected chi connectivity index (χ4v) is 7.74. The van der Waals surface area contributed by atoms with E-state index >= 15 is 0 Å². The first kappa shape index (κ1) is 32.2. The summed E-state index contributed by atoms with van der Waals surface area (Å²) in [6.45, 7) is -13.9. The quantitative estimate of drug-likeness (QED) is 0.0524. The Balaban J connectivity index is 0.000000197. The van der Waals surface area contributed by atoms with Gasteiger partial charge < -0.3 is 49.4 Å². The van der Waals surface area contributed by atoms with Gasteiger partial charge in [-0.2, -0.15) is 0 Å². The minimum Gasteiger partial charge on any atom is -0.361 e. The van der Waals surface area contributed by atoms with Gasteiger partial charge in [0.25, 0.3) is 0 Å². The second-order valence-corrected chi connectivity index (χ2v) is 17.2. The van der Waals surface area contributed by atoms with E-state index in [1.54, 1.807) is 44.8 Å². The molecule has 0 aliphatic heterocycles. The molecule has 5 N–H and O–H groups in total. The second kappa shape index (κ2) is 30.8. The van der Waals surface area contributed by atoms with Gasteiger partial charge in [-0.05, 0) is 158 Å². The molecule has 5 aromatic carbocycles. The Bertz CT molecular complexity index is 4170. The molecule has 75 heavy (non-hydrogen) atoms. The van der Waals surface area contributed by atoms with Crippen LogP contribution in [0.15, 0.2) is 152 Å². The zero-order valence-corrected chi connectivity index (χ0v) is 44.1. The van der Waals surface area contributed by atoms with Crippen molar-refractivity contribution in [3.63, 3.8) is 0 Å². The maximum Gasteiger partial charge on any atom is 0.0456 e. The minimum absolute atomic E-state index is 0.0310. The zero-order valence-electron chi connectivity index (χ0n) is 69.1. The first-order chi connectivity index (χ1) is 45.9. The highest BCUT2D eigenvalue weighted by Crippen LogP contribution is 2.22. The lowest BCUT2D eigenvalue weighted by Gasteiger charge is -2.12. The van der Waals surface area contributed by atoms with Gasteiger partial charge in [0.05, 0.1) is 0 Å². The molecule has 0 unspecified atom stereocenters. The Kier molecular flexibility index (Phi) is 13.3. The first-order valence-corrected chi connectivity index (χ1v) is 25.0. The molecule has 0 saturated carbocycles. The average Bonchev–Trinajstić information content (AvgIpc) is 1.41. The predicted octanol–water partition coefficient (Wildman–Crippen LogP) is 13.3. The number of fused-ring (bicyclic) bond motifs is 5. The van der Waals surface area contributed by atoms with Crippen LogP contribution in [0, 0.1) is 0 Å². The van der Waals surface area contributed by atoms with Crippen LogP contribution in [0.1, 0.15) is 96.7 Å². The van der Waals surface area contributed by atoms with Crippen LogP contribution in [0.5, 0.6) is 0 Å². The van der Waals surface area contributed by atoms with E-state index in [-0.39, 0.29) is 32.4 Å². The van der Waals surface area contributed by atoms with Gasteiger partial charge in [-0.25, -0.2) is 0 Å². The summed E-state index contributed by atoms with van der Waals surface area (Å²) >= 11 is 0. The van der Waals surface area contributed by atoms with Gasteiger partial charge >= 0.3 is 0 Å². The highest BCUT2D eigenvalue weighted by Gasteiger charge is 2.08. The Morgan fingerprint density at radius 2 is 0.653 bits per heavy atom. The lowest BCUT2D eigenvalue weighted by molar-refractivity contribution is 0.358. The summed E-state index contributed by atoms with van der Waals surface area (Å²) < 4.78 is 194. The Morgan fingerprint density at radius 3 is 1.00 bits per heavy atom.